The van der Waals surface area contributed by atoms with E-state index in [1.165, 1.54) is 44.1 Å². The first-order valence-corrected chi connectivity index (χ1v) is 22.9. The van der Waals surface area contributed by atoms with Crippen LogP contribution in [0.15, 0.2) is 120 Å². The number of benzene rings is 4. The molecule has 2 heterocycles. The highest BCUT2D eigenvalue weighted by Gasteiger charge is 2.34. The predicted octanol–water partition coefficient (Wildman–Crippen LogP) is 12.5. The zero-order valence-corrected chi connectivity index (χ0v) is 38.0. The maximum atomic E-state index is 14.1. The van der Waals surface area contributed by atoms with Crippen molar-refractivity contribution in [1.29, 1.82) is 0 Å². The van der Waals surface area contributed by atoms with E-state index in [9.17, 15) is 9.59 Å². The number of hydrogen-bond acceptors (Lipinski definition) is 8. The largest absolute Gasteiger partial charge is 0.493 e. The van der Waals surface area contributed by atoms with E-state index in [1.807, 2.05) is 61.8 Å². The van der Waals surface area contributed by atoms with Gasteiger partial charge in [-0.05, 0) is 121 Å². The highest BCUT2D eigenvalue weighted by atomic mass is 16.5. The Morgan fingerprint density at radius 1 is 0.908 bits per heavy atom. The lowest BCUT2D eigenvalue weighted by atomic mass is 9.82. The van der Waals surface area contributed by atoms with Gasteiger partial charge in [-0.15, -0.1) is 5.73 Å². The van der Waals surface area contributed by atoms with Crippen LogP contribution in [0.5, 0.6) is 23.0 Å². The quantitative estimate of drug-likeness (QED) is 0.0548. The maximum absolute atomic E-state index is 14.1. The highest BCUT2D eigenvalue weighted by Crippen LogP contribution is 2.41. The monoisotopic (exact) mass is 869 g/mol. The van der Waals surface area contributed by atoms with E-state index in [4.69, 9.17) is 29.7 Å². The lowest BCUT2D eigenvalue weighted by Gasteiger charge is -2.23. The summed E-state index contributed by atoms with van der Waals surface area (Å²) in [5.41, 5.74) is 19.7. The number of carbonyl (C=O) groups excluding carboxylic acids is 2. The average molecular weight is 870 g/mol. The molecular weight excluding hydrogens is 811 g/mol. The van der Waals surface area contributed by atoms with Gasteiger partial charge >= 0.3 is 0 Å². The number of rotatable bonds is 15. The fraction of sp³-hybridized carbons (Fsp3) is 0.321. The number of nitrogens with zero attached hydrogens (tertiary/aromatic N) is 2. The number of carbonyl (C=O) groups is 2. The van der Waals surface area contributed by atoms with E-state index in [1.54, 1.807) is 42.9 Å². The van der Waals surface area contributed by atoms with Crippen LogP contribution in [0.3, 0.4) is 0 Å². The standard InChI is InChI=1S/C56H59N3O6/c1-6-10-37-13-15-38(16-14-37)27-39-17-19-41(20-18-39)40(7-2)28-43-11-8-12-44-30-53(51(62-4)31-48(44)55(60)36(43)3)64-25-9-26-65-54-33-50-49(32-52(54)63-5)56(61)59-35-45(29-47(59)34-58-50)42-21-23-46(57)24-22-42/h7,11-12,17-24,27,30-35,37,43,47H,3,6,9-10,13-16,25-26,28-29,57H2,1-2,4-5H3/b38-27?,40-7+/t8?,37?,43-,47+/m1/s1. The number of anilines is 1. The van der Waals surface area contributed by atoms with E-state index in [2.05, 4.69) is 55.7 Å². The third kappa shape index (κ3) is 10.1. The van der Waals surface area contributed by atoms with Crippen molar-refractivity contribution in [2.24, 2.45) is 16.8 Å². The minimum atomic E-state index is -0.227. The Labute approximate surface area is 383 Å². The van der Waals surface area contributed by atoms with Crippen molar-refractivity contribution in [2.75, 3.05) is 33.2 Å². The molecule has 1 fully saturated rings. The van der Waals surface area contributed by atoms with Crippen molar-refractivity contribution < 1.29 is 28.5 Å². The molecule has 9 heteroatoms. The molecule has 2 aliphatic carbocycles. The van der Waals surface area contributed by atoms with Crippen molar-refractivity contribution >= 4 is 52.6 Å². The van der Waals surface area contributed by atoms with Gasteiger partial charge in [-0.1, -0.05) is 80.5 Å². The van der Waals surface area contributed by atoms with Crippen LogP contribution in [0.2, 0.25) is 0 Å². The lowest BCUT2D eigenvalue weighted by molar-refractivity contribution is 0.0817. The highest BCUT2D eigenvalue weighted by molar-refractivity contribution is 6.12. The van der Waals surface area contributed by atoms with Gasteiger partial charge < -0.3 is 29.6 Å². The Kier molecular flexibility index (Phi) is 14.0. The molecule has 9 nitrogen and oxygen atoms in total. The molecule has 2 aliphatic heterocycles. The zero-order chi connectivity index (χ0) is 45.5. The molecule has 0 radical (unpaired) electrons. The maximum Gasteiger partial charge on any atom is 0.260 e. The van der Waals surface area contributed by atoms with Crippen LogP contribution in [0, 0.1) is 11.8 Å². The Hall–Kier alpha value is -6.83. The van der Waals surface area contributed by atoms with E-state index >= 15 is 0 Å². The topological polar surface area (TPSA) is 113 Å². The number of hydrogen-bond donors (Lipinski definition) is 1. The van der Waals surface area contributed by atoms with Gasteiger partial charge in [0.2, 0.25) is 0 Å². The number of nitrogens with two attached hydrogens (primary N) is 1. The van der Waals surface area contributed by atoms with E-state index in [-0.39, 0.29) is 23.7 Å². The fourth-order valence-electron chi connectivity index (χ4n) is 9.29. The van der Waals surface area contributed by atoms with E-state index in [0.29, 0.717) is 89.1 Å². The van der Waals surface area contributed by atoms with Crippen LogP contribution in [0.25, 0.3) is 23.3 Å². The number of ether oxygens (including phenoxy) is 4. The third-order valence-electron chi connectivity index (χ3n) is 13.0. The molecule has 0 spiro atoms. The molecule has 0 unspecified atom stereocenters. The number of amides is 1. The van der Waals surface area contributed by atoms with Crippen LogP contribution >= 0.6 is 0 Å². The summed E-state index contributed by atoms with van der Waals surface area (Å²) in [6.45, 7) is 9.25. The first-order valence-electron chi connectivity index (χ1n) is 22.9. The number of fused-ring (bicyclic) bond motifs is 3. The second-order valence-corrected chi connectivity index (χ2v) is 17.3. The second-order valence-electron chi connectivity index (χ2n) is 17.3. The second kappa shape index (κ2) is 20.3. The minimum Gasteiger partial charge on any atom is -0.493 e. The lowest BCUT2D eigenvalue weighted by Crippen LogP contribution is -2.32. The number of aliphatic imine (C=N–C) groups is 1. The predicted molar refractivity (Wildman–Crippen MR) is 262 cm³/mol. The normalized spacial score (nSPS) is 19.1. The Balaban J connectivity index is 0.883. The first kappa shape index (κ1) is 44.8. The summed E-state index contributed by atoms with van der Waals surface area (Å²) in [5.74, 6) is 2.23. The number of methoxy groups -OCH3 is 2. The summed E-state index contributed by atoms with van der Waals surface area (Å²) in [7, 11) is 3.11. The van der Waals surface area contributed by atoms with Gasteiger partial charge in [0, 0.05) is 54.1 Å². The van der Waals surface area contributed by atoms with Gasteiger partial charge in [0.25, 0.3) is 5.91 Å². The minimum absolute atomic E-state index is 0.135. The summed E-state index contributed by atoms with van der Waals surface area (Å²) in [6.07, 6.45) is 21.4. The molecule has 0 bridgehead atoms. The summed E-state index contributed by atoms with van der Waals surface area (Å²) in [5, 5.41) is 0. The molecule has 2 atom stereocenters. The van der Waals surface area contributed by atoms with Crippen LogP contribution in [0.1, 0.15) is 115 Å². The molecule has 2 N–H and O–H groups in total. The molecule has 65 heavy (non-hydrogen) atoms. The number of nitrogen functional groups attached to an aromatic ring is 1. The Bertz CT molecular complexity index is 2630. The van der Waals surface area contributed by atoms with Gasteiger partial charge in [-0.25, -0.2) is 0 Å². The van der Waals surface area contributed by atoms with Gasteiger partial charge in [0.15, 0.2) is 28.8 Å². The smallest absolute Gasteiger partial charge is 0.260 e. The molecule has 4 aromatic rings. The molecule has 0 saturated heterocycles. The summed E-state index contributed by atoms with van der Waals surface area (Å²) in [6, 6.07) is 23.2. The van der Waals surface area contributed by atoms with Gasteiger partial charge in [0.05, 0.1) is 44.7 Å². The molecule has 4 aliphatic rings. The SMILES string of the molecule is C=C1C(=O)c2cc(OC)c(OCCCOc3cc4c(cc3OC)C(=O)N3C=C(c5ccc(N)cc5)C[C@H]3C=N4)cc2C=C=C[C@@H]1C/C(=C\C)c1ccc(C=C2CCC(CCC)CC2)cc1. The van der Waals surface area contributed by atoms with Gasteiger partial charge in [-0.2, -0.15) is 0 Å². The zero-order valence-electron chi connectivity index (χ0n) is 38.0. The summed E-state index contributed by atoms with van der Waals surface area (Å²) >= 11 is 0. The Morgan fingerprint density at radius 3 is 2.28 bits per heavy atom. The number of ketones is 1. The van der Waals surface area contributed by atoms with Crippen molar-refractivity contribution in [2.45, 2.75) is 77.7 Å². The summed E-state index contributed by atoms with van der Waals surface area (Å²) < 4.78 is 23.8. The molecule has 1 saturated carbocycles. The molecular formula is C56H59N3O6. The number of Topliss-reactive ketones (excluding diaryl/α,β-unsaturated/α-hetero) is 1. The first-order chi connectivity index (χ1) is 31.7. The van der Waals surface area contributed by atoms with Gasteiger partial charge in [0.1, 0.15) is 0 Å². The van der Waals surface area contributed by atoms with E-state index < -0.39 is 0 Å². The van der Waals surface area contributed by atoms with Crippen molar-refractivity contribution in [1.82, 2.24) is 4.90 Å². The van der Waals surface area contributed by atoms with Crippen molar-refractivity contribution in [3.63, 3.8) is 0 Å². The summed E-state index contributed by atoms with van der Waals surface area (Å²) in [4.78, 5) is 34.3. The van der Waals surface area contributed by atoms with Crippen molar-refractivity contribution in [3.05, 3.63) is 148 Å². The van der Waals surface area contributed by atoms with Crippen molar-refractivity contribution in [3.8, 4) is 23.0 Å². The van der Waals surface area contributed by atoms with Crippen LogP contribution in [-0.2, 0) is 0 Å². The molecule has 1 amide bonds. The van der Waals surface area contributed by atoms with E-state index in [0.717, 1.165) is 28.2 Å². The van der Waals surface area contributed by atoms with Crippen LogP contribution in [0.4, 0.5) is 11.4 Å². The number of allylic oxidation sites excluding steroid dienone is 5. The Morgan fingerprint density at radius 2 is 1.60 bits per heavy atom. The molecule has 0 aromatic heterocycles. The molecule has 4 aromatic carbocycles. The third-order valence-corrected chi connectivity index (χ3v) is 13.0. The average Bonchev–Trinajstić information content (AvgIpc) is 3.71. The van der Waals surface area contributed by atoms with Crippen LogP contribution < -0.4 is 24.7 Å². The van der Waals surface area contributed by atoms with Gasteiger partial charge in [-0.3, -0.25) is 14.6 Å². The molecule has 334 valence electrons. The fourth-order valence-corrected chi connectivity index (χ4v) is 9.29. The van der Waals surface area contributed by atoms with Crippen LogP contribution in [-0.4, -0.2) is 56.3 Å². The molecule has 8 rings (SSSR count).